The summed E-state index contributed by atoms with van der Waals surface area (Å²) in [6.07, 6.45) is 5.58. The summed E-state index contributed by atoms with van der Waals surface area (Å²) >= 11 is 1.66. The SMILES string of the molecule is O=c1c2c3c(sc2nc(NCCO)n1Cc1ccccc1)CCCCC3. The Kier molecular flexibility index (Phi) is 5.04. The number of aliphatic hydroxyl groups excluding tert-OH is 1. The maximum atomic E-state index is 13.4. The lowest BCUT2D eigenvalue weighted by Crippen LogP contribution is -2.26. The Balaban J connectivity index is 1.87. The Labute approximate surface area is 156 Å². The van der Waals surface area contributed by atoms with Crippen LogP contribution in [-0.2, 0) is 19.4 Å². The van der Waals surface area contributed by atoms with E-state index in [1.165, 1.54) is 23.3 Å². The van der Waals surface area contributed by atoms with E-state index in [9.17, 15) is 9.90 Å². The van der Waals surface area contributed by atoms with Crippen LogP contribution in [0.5, 0.6) is 0 Å². The summed E-state index contributed by atoms with van der Waals surface area (Å²) in [5.41, 5.74) is 2.30. The third kappa shape index (κ3) is 3.27. The van der Waals surface area contributed by atoms with Gasteiger partial charge in [-0.25, -0.2) is 4.98 Å². The van der Waals surface area contributed by atoms with Gasteiger partial charge in [0.05, 0.1) is 18.5 Å². The maximum Gasteiger partial charge on any atom is 0.264 e. The number of benzene rings is 1. The number of aliphatic hydroxyl groups is 1. The molecule has 2 N–H and O–H groups in total. The summed E-state index contributed by atoms with van der Waals surface area (Å²) in [6, 6.07) is 9.95. The smallest absolute Gasteiger partial charge is 0.264 e. The van der Waals surface area contributed by atoms with Gasteiger partial charge in [-0.05, 0) is 36.8 Å². The van der Waals surface area contributed by atoms with Gasteiger partial charge in [0.2, 0.25) is 5.95 Å². The van der Waals surface area contributed by atoms with Crippen LogP contribution in [0.4, 0.5) is 5.95 Å². The number of aromatic nitrogens is 2. The van der Waals surface area contributed by atoms with Crippen LogP contribution in [0.15, 0.2) is 35.1 Å². The van der Waals surface area contributed by atoms with E-state index < -0.39 is 0 Å². The molecule has 136 valence electrons. The maximum absolute atomic E-state index is 13.4. The average Bonchev–Trinajstić information content (AvgIpc) is 2.84. The van der Waals surface area contributed by atoms with E-state index in [4.69, 9.17) is 4.98 Å². The Morgan fingerprint density at radius 1 is 1.15 bits per heavy atom. The van der Waals surface area contributed by atoms with E-state index in [0.717, 1.165) is 35.0 Å². The van der Waals surface area contributed by atoms with E-state index in [0.29, 0.717) is 19.0 Å². The van der Waals surface area contributed by atoms with Gasteiger partial charge in [-0.15, -0.1) is 11.3 Å². The molecule has 0 atom stereocenters. The zero-order valence-electron chi connectivity index (χ0n) is 14.7. The van der Waals surface area contributed by atoms with Gasteiger partial charge in [0.1, 0.15) is 4.83 Å². The van der Waals surface area contributed by atoms with Gasteiger partial charge in [0.15, 0.2) is 0 Å². The Bertz CT molecular complexity index is 963. The molecule has 2 aromatic heterocycles. The topological polar surface area (TPSA) is 67.2 Å². The minimum atomic E-state index is 0.000184. The quantitative estimate of drug-likeness (QED) is 0.678. The van der Waals surface area contributed by atoms with Crippen LogP contribution in [0.2, 0.25) is 0 Å². The van der Waals surface area contributed by atoms with Crippen molar-refractivity contribution in [3.63, 3.8) is 0 Å². The molecule has 0 amide bonds. The third-order valence-electron chi connectivity index (χ3n) is 4.90. The number of thiophene rings is 1. The fourth-order valence-electron chi connectivity index (χ4n) is 3.63. The highest BCUT2D eigenvalue weighted by Crippen LogP contribution is 2.33. The van der Waals surface area contributed by atoms with Crippen molar-refractivity contribution in [3.05, 3.63) is 56.7 Å². The average molecular weight is 369 g/mol. The Hall–Kier alpha value is -2.18. The van der Waals surface area contributed by atoms with Crippen LogP contribution in [0.25, 0.3) is 10.2 Å². The van der Waals surface area contributed by atoms with Crippen molar-refractivity contribution in [3.8, 4) is 0 Å². The molecule has 0 spiro atoms. The zero-order chi connectivity index (χ0) is 17.9. The minimum absolute atomic E-state index is 0.000184. The van der Waals surface area contributed by atoms with Gasteiger partial charge in [0.25, 0.3) is 5.56 Å². The van der Waals surface area contributed by atoms with Gasteiger partial charge in [0, 0.05) is 11.4 Å². The van der Waals surface area contributed by atoms with Crippen LogP contribution in [-0.4, -0.2) is 27.8 Å². The highest BCUT2D eigenvalue weighted by molar-refractivity contribution is 7.18. The van der Waals surface area contributed by atoms with Crippen molar-refractivity contribution in [2.75, 3.05) is 18.5 Å². The first kappa shape index (κ1) is 17.2. The second-order valence-electron chi connectivity index (χ2n) is 6.71. The van der Waals surface area contributed by atoms with Crippen molar-refractivity contribution in [1.82, 2.24) is 9.55 Å². The Morgan fingerprint density at radius 3 is 2.77 bits per heavy atom. The molecule has 1 aromatic carbocycles. The normalized spacial score (nSPS) is 14.2. The molecule has 0 unspecified atom stereocenters. The molecular formula is C20H23N3O2S. The summed E-state index contributed by atoms with van der Waals surface area (Å²) in [7, 11) is 0. The molecule has 1 aliphatic carbocycles. The second-order valence-corrected chi connectivity index (χ2v) is 7.79. The van der Waals surface area contributed by atoms with Crippen molar-refractivity contribution in [1.29, 1.82) is 0 Å². The number of aryl methyl sites for hydroxylation is 2. The molecule has 0 saturated heterocycles. The van der Waals surface area contributed by atoms with Crippen LogP contribution in [0, 0.1) is 0 Å². The van der Waals surface area contributed by atoms with Gasteiger partial charge >= 0.3 is 0 Å². The van der Waals surface area contributed by atoms with Gasteiger partial charge in [-0.2, -0.15) is 0 Å². The fraction of sp³-hybridized carbons (Fsp3) is 0.400. The first-order chi connectivity index (χ1) is 12.8. The summed E-state index contributed by atoms with van der Waals surface area (Å²) in [4.78, 5) is 20.3. The molecule has 0 bridgehead atoms. The lowest BCUT2D eigenvalue weighted by molar-refractivity contribution is 0.310. The summed E-state index contributed by atoms with van der Waals surface area (Å²) in [5.74, 6) is 0.539. The lowest BCUT2D eigenvalue weighted by Gasteiger charge is -2.14. The Morgan fingerprint density at radius 2 is 1.96 bits per heavy atom. The van der Waals surface area contributed by atoms with Crippen LogP contribution in [0.1, 0.15) is 35.3 Å². The molecular weight excluding hydrogens is 346 g/mol. The molecule has 26 heavy (non-hydrogen) atoms. The second kappa shape index (κ2) is 7.60. The van der Waals surface area contributed by atoms with E-state index in [2.05, 4.69) is 5.32 Å². The molecule has 2 heterocycles. The predicted molar refractivity (Wildman–Crippen MR) is 106 cm³/mol. The largest absolute Gasteiger partial charge is 0.395 e. The zero-order valence-corrected chi connectivity index (χ0v) is 15.5. The third-order valence-corrected chi connectivity index (χ3v) is 6.09. The number of anilines is 1. The monoisotopic (exact) mass is 369 g/mol. The number of hydrogen-bond donors (Lipinski definition) is 2. The van der Waals surface area contributed by atoms with Crippen molar-refractivity contribution in [2.24, 2.45) is 0 Å². The summed E-state index contributed by atoms with van der Waals surface area (Å²) in [5, 5.41) is 13.1. The molecule has 3 aromatic rings. The minimum Gasteiger partial charge on any atom is -0.395 e. The summed E-state index contributed by atoms with van der Waals surface area (Å²) in [6.45, 7) is 0.846. The van der Waals surface area contributed by atoms with Crippen LogP contribution >= 0.6 is 11.3 Å². The van der Waals surface area contributed by atoms with Gasteiger partial charge in [-0.3, -0.25) is 9.36 Å². The highest BCUT2D eigenvalue weighted by Gasteiger charge is 2.21. The van der Waals surface area contributed by atoms with E-state index in [1.807, 2.05) is 30.3 Å². The molecule has 0 saturated carbocycles. The molecule has 0 aliphatic heterocycles. The first-order valence-electron chi connectivity index (χ1n) is 9.21. The number of fused-ring (bicyclic) bond motifs is 3. The van der Waals surface area contributed by atoms with Crippen LogP contribution < -0.4 is 10.9 Å². The highest BCUT2D eigenvalue weighted by atomic mass is 32.1. The molecule has 6 heteroatoms. The van der Waals surface area contributed by atoms with E-state index in [1.54, 1.807) is 15.9 Å². The van der Waals surface area contributed by atoms with Crippen molar-refractivity contribution < 1.29 is 5.11 Å². The molecule has 5 nitrogen and oxygen atoms in total. The predicted octanol–water partition coefficient (Wildman–Crippen LogP) is 3.18. The van der Waals surface area contributed by atoms with Crippen molar-refractivity contribution in [2.45, 2.75) is 38.6 Å². The lowest BCUT2D eigenvalue weighted by atomic mass is 10.1. The first-order valence-corrected chi connectivity index (χ1v) is 10.0. The fourth-order valence-corrected chi connectivity index (χ4v) is 4.88. The molecule has 1 aliphatic rings. The number of nitrogens with one attached hydrogen (secondary N) is 1. The van der Waals surface area contributed by atoms with Crippen LogP contribution in [0.3, 0.4) is 0 Å². The van der Waals surface area contributed by atoms with Crippen molar-refractivity contribution >= 4 is 27.5 Å². The van der Waals surface area contributed by atoms with E-state index in [-0.39, 0.29) is 12.2 Å². The molecule has 0 fully saturated rings. The van der Waals surface area contributed by atoms with Gasteiger partial charge < -0.3 is 10.4 Å². The number of nitrogens with zero attached hydrogens (tertiary/aromatic N) is 2. The van der Waals surface area contributed by atoms with E-state index >= 15 is 0 Å². The number of rotatable bonds is 5. The number of hydrogen-bond acceptors (Lipinski definition) is 5. The van der Waals surface area contributed by atoms with Gasteiger partial charge in [-0.1, -0.05) is 36.8 Å². The molecule has 0 radical (unpaired) electrons. The standard InChI is InChI=1S/C20H23N3O2S/c24-12-11-21-20-22-18-17(15-9-5-2-6-10-16(15)26-18)19(25)23(20)13-14-7-3-1-4-8-14/h1,3-4,7-8,24H,2,5-6,9-13H2,(H,21,22). The molecule has 4 rings (SSSR count). The summed E-state index contributed by atoms with van der Waals surface area (Å²) < 4.78 is 1.71.